The van der Waals surface area contributed by atoms with Gasteiger partial charge in [-0.05, 0) is 5.56 Å². The van der Waals surface area contributed by atoms with Gasteiger partial charge in [-0.3, -0.25) is 4.57 Å². The zero-order chi connectivity index (χ0) is 16.8. The van der Waals surface area contributed by atoms with Crippen LogP contribution in [-0.2, 0) is 20.5 Å². The number of rotatable bonds is 7. The van der Waals surface area contributed by atoms with Crippen molar-refractivity contribution in [2.45, 2.75) is 18.2 Å². The quantitative estimate of drug-likeness (QED) is 0.432. The summed E-state index contributed by atoms with van der Waals surface area (Å²) >= 11 is 0. The summed E-state index contributed by atoms with van der Waals surface area (Å²) in [5.41, 5.74) is 0.419. The molecule has 122 valence electrons. The largest absolute Gasteiger partial charge is 0.506 e. The molecule has 4 N–H and O–H groups in total. The van der Waals surface area contributed by atoms with Crippen LogP contribution in [0.3, 0.4) is 0 Å². The van der Waals surface area contributed by atoms with E-state index in [-0.39, 0.29) is 0 Å². The molecule has 1 unspecified atom stereocenters. The molecule has 9 nitrogen and oxygen atoms in total. The fourth-order valence-electron chi connectivity index (χ4n) is 1.86. The zero-order valence-electron chi connectivity index (χ0n) is 11.3. The van der Waals surface area contributed by atoms with Crippen LogP contribution in [-0.4, -0.2) is 44.3 Å². The molecule has 0 saturated heterocycles. The summed E-state index contributed by atoms with van der Waals surface area (Å²) < 4.78 is 20.5. The third kappa shape index (κ3) is 5.03. The highest BCUT2D eigenvalue weighted by Gasteiger charge is 2.51. The summed E-state index contributed by atoms with van der Waals surface area (Å²) in [6.07, 6.45) is -4.57. The van der Waals surface area contributed by atoms with Gasteiger partial charge in [-0.15, -0.1) is 0 Å². The highest BCUT2D eigenvalue weighted by molar-refractivity contribution is 7.53. The molecule has 1 rings (SSSR count). The number of carboxylic acid groups (broad SMARTS) is 2. The van der Waals surface area contributed by atoms with Crippen molar-refractivity contribution >= 4 is 19.9 Å². The van der Waals surface area contributed by atoms with E-state index in [9.17, 15) is 23.9 Å². The van der Waals surface area contributed by atoms with Gasteiger partial charge in [0.25, 0.3) is 0 Å². The predicted molar refractivity (Wildman–Crippen MR) is 72.6 cm³/mol. The van der Waals surface area contributed by atoms with Crippen molar-refractivity contribution in [3.05, 3.63) is 35.9 Å². The van der Waals surface area contributed by atoms with Crippen LogP contribution < -0.4 is 0 Å². The number of hydrogen-bond donors (Lipinski definition) is 4. The normalized spacial score (nSPS) is 13.9. The Bertz CT molecular complexity index is 567. The molecule has 0 aliphatic heterocycles. The average molecular weight is 334 g/mol. The Morgan fingerprint density at radius 1 is 1.09 bits per heavy atom. The first-order chi connectivity index (χ1) is 10.2. The molecule has 0 fully saturated rings. The summed E-state index contributed by atoms with van der Waals surface area (Å²) in [6, 6.07) is 7.96. The molecule has 0 radical (unpaired) electrons. The Morgan fingerprint density at radius 3 is 2.14 bits per heavy atom. The molecule has 0 aliphatic rings. The lowest BCUT2D eigenvalue weighted by Crippen LogP contribution is -2.38. The molecular weight excluding hydrogens is 319 g/mol. The van der Waals surface area contributed by atoms with Crippen molar-refractivity contribution in [3.63, 3.8) is 0 Å². The zero-order valence-corrected chi connectivity index (χ0v) is 12.2. The SMILES string of the molecule is O=C(O)OCCC(Cc1ccccc1)(OC(=O)O)P(=O)(O)O. The molecule has 10 heteroatoms. The topological polar surface area (TPSA) is 151 Å². The molecule has 0 heterocycles. The summed E-state index contributed by atoms with van der Waals surface area (Å²) in [6.45, 7) is -0.624. The van der Waals surface area contributed by atoms with E-state index in [0.717, 1.165) is 0 Å². The minimum absolute atomic E-state index is 0.419. The first-order valence-corrected chi connectivity index (χ1v) is 7.65. The highest BCUT2D eigenvalue weighted by Crippen LogP contribution is 2.55. The van der Waals surface area contributed by atoms with Gasteiger partial charge in [-0.25, -0.2) is 9.59 Å². The van der Waals surface area contributed by atoms with Gasteiger partial charge in [-0.1, -0.05) is 30.3 Å². The number of carbonyl (C=O) groups is 2. The summed E-state index contributed by atoms with van der Waals surface area (Å²) in [5.74, 6) is 0. The second kappa shape index (κ2) is 7.26. The van der Waals surface area contributed by atoms with E-state index in [2.05, 4.69) is 9.47 Å². The van der Waals surface area contributed by atoms with Crippen molar-refractivity contribution in [1.82, 2.24) is 0 Å². The molecule has 0 amide bonds. The first kappa shape index (κ1) is 18.0. The van der Waals surface area contributed by atoms with E-state index in [4.69, 9.17) is 10.2 Å². The van der Waals surface area contributed by atoms with E-state index in [1.807, 2.05) is 0 Å². The van der Waals surface area contributed by atoms with Crippen LogP contribution in [0, 0.1) is 0 Å². The molecule has 1 aromatic rings. The molecule has 0 aliphatic carbocycles. The van der Waals surface area contributed by atoms with Crippen LogP contribution in [0.25, 0.3) is 0 Å². The van der Waals surface area contributed by atoms with Gasteiger partial charge in [0.1, 0.15) is 0 Å². The Hall–Kier alpha value is -2.09. The molecule has 0 spiro atoms. The van der Waals surface area contributed by atoms with Crippen LogP contribution in [0.15, 0.2) is 30.3 Å². The molecule has 0 saturated carbocycles. The van der Waals surface area contributed by atoms with Gasteiger partial charge in [0, 0.05) is 12.8 Å². The van der Waals surface area contributed by atoms with E-state index < -0.39 is 44.7 Å². The fraction of sp³-hybridized carbons (Fsp3) is 0.333. The van der Waals surface area contributed by atoms with Crippen molar-refractivity contribution in [3.8, 4) is 0 Å². The van der Waals surface area contributed by atoms with Crippen LogP contribution in [0.5, 0.6) is 0 Å². The third-order valence-electron chi connectivity index (χ3n) is 2.85. The van der Waals surface area contributed by atoms with E-state index in [0.29, 0.717) is 5.56 Å². The maximum absolute atomic E-state index is 11.8. The monoisotopic (exact) mass is 334 g/mol. The lowest BCUT2D eigenvalue weighted by atomic mass is 10.1. The van der Waals surface area contributed by atoms with Crippen molar-refractivity contribution < 1.29 is 43.6 Å². The second-order valence-corrected chi connectivity index (χ2v) is 6.29. The van der Waals surface area contributed by atoms with Crippen LogP contribution >= 0.6 is 7.60 Å². The molecule has 1 aromatic carbocycles. The number of ether oxygens (including phenoxy) is 2. The van der Waals surface area contributed by atoms with Gasteiger partial charge < -0.3 is 29.5 Å². The predicted octanol–water partition coefficient (Wildman–Crippen LogP) is 1.88. The molecular formula is C12H15O9P. The van der Waals surface area contributed by atoms with Crippen LogP contribution in [0.1, 0.15) is 12.0 Å². The minimum atomic E-state index is -5.06. The second-order valence-electron chi connectivity index (χ2n) is 4.38. The first-order valence-electron chi connectivity index (χ1n) is 6.03. The Balaban J connectivity index is 3.10. The van der Waals surface area contributed by atoms with Gasteiger partial charge >= 0.3 is 19.9 Å². The van der Waals surface area contributed by atoms with Crippen LogP contribution in [0.2, 0.25) is 0 Å². The van der Waals surface area contributed by atoms with Gasteiger partial charge in [-0.2, -0.15) is 0 Å². The maximum atomic E-state index is 11.8. The lowest BCUT2D eigenvalue weighted by Gasteiger charge is -2.32. The van der Waals surface area contributed by atoms with Gasteiger partial charge in [0.05, 0.1) is 6.61 Å². The van der Waals surface area contributed by atoms with E-state index in [1.165, 1.54) is 12.1 Å². The van der Waals surface area contributed by atoms with Crippen molar-refractivity contribution in [2.75, 3.05) is 6.61 Å². The molecule has 1 atom stereocenters. The van der Waals surface area contributed by atoms with E-state index >= 15 is 0 Å². The third-order valence-corrected chi connectivity index (χ3v) is 4.38. The summed E-state index contributed by atoms with van der Waals surface area (Å²) in [4.78, 5) is 40.2. The molecule has 0 aromatic heterocycles. The van der Waals surface area contributed by atoms with E-state index in [1.54, 1.807) is 18.2 Å². The smallest absolute Gasteiger partial charge is 0.450 e. The lowest BCUT2D eigenvalue weighted by molar-refractivity contribution is -0.00297. The van der Waals surface area contributed by atoms with Crippen molar-refractivity contribution in [2.24, 2.45) is 0 Å². The summed E-state index contributed by atoms with van der Waals surface area (Å²) in [5, 5.41) is 14.8. The van der Waals surface area contributed by atoms with Crippen LogP contribution in [0.4, 0.5) is 9.59 Å². The van der Waals surface area contributed by atoms with Crippen molar-refractivity contribution in [1.29, 1.82) is 0 Å². The fourth-order valence-corrected chi connectivity index (χ4v) is 2.83. The minimum Gasteiger partial charge on any atom is -0.450 e. The number of benzene rings is 1. The number of hydrogen-bond acceptors (Lipinski definition) is 5. The Labute approximate surface area is 125 Å². The maximum Gasteiger partial charge on any atom is 0.506 e. The molecule has 22 heavy (non-hydrogen) atoms. The Morgan fingerprint density at radius 2 is 1.68 bits per heavy atom. The van der Waals surface area contributed by atoms with Gasteiger partial charge in [0.2, 0.25) is 5.34 Å². The standard InChI is InChI=1S/C12H15O9P/c13-10(14)20-7-6-12(21-11(15)16,22(17,18)19)8-9-4-2-1-3-5-9/h1-5H,6-8H2,(H,13,14)(H,15,16)(H2,17,18,19). The summed E-state index contributed by atoms with van der Waals surface area (Å²) in [7, 11) is -5.06. The Kier molecular flexibility index (Phi) is 5.92. The average Bonchev–Trinajstić information content (AvgIpc) is 2.37. The highest BCUT2D eigenvalue weighted by atomic mass is 31.2. The van der Waals surface area contributed by atoms with Gasteiger partial charge in [0.15, 0.2) is 0 Å². The molecule has 0 bridgehead atoms.